The second-order valence-corrected chi connectivity index (χ2v) is 9.88. The Bertz CT molecular complexity index is 936. The summed E-state index contributed by atoms with van der Waals surface area (Å²) in [4.78, 5) is 25.6. The van der Waals surface area contributed by atoms with Crippen molar-refractivity contribution in [3.05, 3.63) is 65.7 Å². The highest BCUT2D eigenvalue weighted by Crippen LogP contribution is 2.66. The SMILES string of the molecule is Cc1ccc(NC(=O)COC(=O)C23CC4CC(C2)CC(c2ccccc2)(C4)C3)cc1. The molecule has 0 saturated heterocycles. The van der Waals surface area contributed by atoms with Gasteiger partial charge < -0.3 is 10.1 Å². The highest BCUT2D eigenvalue weighted by atomic mass is 16.5. The fraction of sp³-hybridized carbons (Fsp3) is 0.462. The van der Waals surface area contributed by atoms with E-state index in [1.807, 2.05) is 31.2 Å². The zero-order valence-electron chi connectivity index (χ0n) is 17.5. The van der Waals surface area contributed by atoms with Gasteiger partial charge in [0.15, 0.2) is 6.61 Å². The molecule has 0 radical (unpaired) electrons. The van der Waals surface area contributed by atoms with E-state index in [4.69, 9.17) is 4.74 Å². The zero-order valence-corrected chi connectivity index (χ0v) is 17.5. The number of carbonyl (C=O) groups is 2. The number of hydrogen-bond donors (Lipinski definition) is 1. The van der Waals surface area contributed by atoms with E-state index in [1.54, 1.807) is 0 Å². The van der Waals surface area contributed by atoms with Gasteiger partial charge in [-0.3, -0.25) is 9.59 Å². The molecule has 6 rings (SSSR count). The third-order valence-electron chi connectivity index (χ3n) is 7.55. The van der Waals surface area contributed by atoms with Crippen LogP contribution in [0.15, 0.2) is 54.6 Å². The third kappa shape index (κ3) is 3.42. The van der Waals surface area contributed by atoms with Gasteiger partial charge in [0, 0.05) is 5.69 Å². The van der Waals surface area contributed by atoms with Crippen molar-refractivity contribution < 1.29 is 14.3 Å². The Morgan fingerprint density at radius 3 is 2.30 bits per heavy atom. The molecule has 4 aliphatic rings. The number of ether oxygens (including phenoxy) is 1. The molecule has 4 fully saturated rings. The Balaban J connectivity index is 1.28. The topological polar surface area (TPSA) is 55.4 Å². The summed E-state index contributed by atoms with van der Waals surface area (Å²) >= 11 is 0. The number of nitrogens with one attached hydrogen (secondary N) is 1. The Morgan fingerprint density at radius 1 is 0.967 bits per heavy atom. The molecule has 4 heteroatoms. The van der Waals surface area contributed by atoms with Crippen molar-refractivity contribution in [1.82, 2.24) is 0 Å². The second-order valence-electron chi connectivity index (χ2n) is 9.88. The minimum Gasteiger partial charge on any atom is -0.455 e. The van der Waals surface area contributed by atoms with Crippen molar-refractivity contribution in [3.8, 4) is 0 Å². The first-order valence-electron chi connectivity index (χ1n) is 11.1. The van der Waals surface area contributed by atoms with E-state index in [1.165, 1.54) is 24.8 Å². The van der Waals surface area contributed by atoms with Crippen LogP contribution in [0.25, 0.3) is 0 Å². The van der Waals surface area contributed by atoms with E-state index >= 15 is 0 Å². The molecule has 1 amide bonds. The first-order valence-corrected chi connectivity index (χ1v) is 11.1. The van der Waals surface area contributed by atoms with Crippen molar-refractivity contribution in [2.45, 2.75) is 50.9 Å². The maximum atomic E-state index is 13.3. The average Bonchev–Trinajstić information content (AvgIpc) is 2.73. The molecule has 2 aromatic rings. The van der Waals surface area contributed by atoms with Crippen LogP contribution < -0.4 is 5.32 Å². The van der Waals surface area contributed by atoms with E-state index in [9.17, 15) is 9.59 Å². The van der Waals surface area contributed by atoms with Gasteiger partial charge in [-0.05, 0) is 80.4 Å². The highest BCUT2D eigenvalue weighted by molar-refractivity contribution is 5.93. The van der Waals surface area contributed by atoms with Crippen molar-refractivity contribution in [3.63, 3.8) is 0 Å². The standard InChI is InChI=1S/C26H29NO3/c1-18-7-9-22(10-8-18)27-23(28)16-30-24(29)26-14-19-11-20(15-26)13-25(12-19,17-26)21-5-3-2-4-6-21/h2-10,19-20H,11-17H2,1H3,(H,27,28). The van der Waals surface area contributed by atoms with Gasteiger partial charge in [0.2, 0.25) is 0 Å². The molecule has 4 saturated carbocycles. The number of rotatable bonds is 5. The van der Waals surface area contributed by atoms with Gasteiger partial charge in [-0.2, -0.15) is 0 Å². The molecule has 0 aliphatic heterocycles. The second kappa shape index (κ2) is 7.26. The van der Waals surface area contributed by atoms with Crippen LogP contribution in [0.2, 0.25) is 0 Å². The normalized spacial score (nSPS) is 31.4. The predicted molar refractivity (Wildman–Crippen MR) is 116 cm³/mol. The molecule has 0 aromatic heterocycles. The summed E-state index contributed by atoms with van der Waals surface area (Å²) in [6, 6.07) is 18.3. The summed E-state index contributed by atoms with van der Waals surface area (Å²) in [6.07, 6.45) is 6.27. The number of carbonyl (C=O) groups excluding carboxylic acids is 2. The summed E-state index contributed by atoms with van der Waals surface area (Å²) in [6.45, 7) is 1.78. The molecule has 0 spiro atoms. The quantitative estimate of drug-likeness (QED) is 0.714. The monoisotopic (exact) mass is 403 g/mol. The number of hydrogen-bond acceptors (Lipinski definition) is 3. The van der Waals surface area contributed by atoms with Gasteiger partial charge in [0.25, 0.3) is 5.91 Å². The van der Waals surface area contributed by atoms with Crippen LogP contribution in [0.5, 0.6) is 0 Å². The lowest BCUT2D eigenvalue weighted by atomic mass is 9.43. The average molecular weight is 404 g/mol. The minimum absolute atomic E-state index is 0.0918. The maximum Gasteiger partial charge on any atom is 0.312 e. The summed E-state index contributed by atoms with van der Waals surface area (Å²) < 4.78 is 5.61. The lowest BCUT2D eigenvalue weighted by Gasteiger charge is -2.61. The molecule has 0 heterocycles. The molecule has 4 aliphatic carbocycles. The highest BCUT2D eigenvalue weighted by Gasteiger charge is 2.61. The molecule has 2 aromatic carbocycles. The largest absolute Gasteiger partial charge is 0.455 e. The van der Waals surface area contributed by atoms with Crippen LogP contribution in [0.1, 0.15) is 49.7 Å². The number of benzene rings is 2. The van der Waals surface area contributed by atoms with Crippen molar-refractivity contribution >= 4 is 17.6 Å². The van der Waals surface area contributed by atoms with Crippen LogP contribution in [0, 0.1) is 24.2 Å². The number of aryl methyl sites for hydroxylation is 1. The Hall–Kier alpha value is -2.62. The predicted octanol–water partition coefficient (Wildman–Crippen LogP) is 5.01. The summed E-state index contributed by atoms with van der Waals surface area (Å²) in [5.41, 5.74) is 2.89. The molecule has 156 valence electrons. The molecule has 2 atom stereocenters. The van der Waals surface area contributed by atoms with Crippen LogP contribution in [-0.4, -0.2) is 18.5 Å². The van der Waals surface area contributed by atoms with Crippen molar-refractivity contribution in [2.75, 3.05) is 11.9 Å². The lowest BCUT2D eigenvalue weighted by Crippen LogP contribution is -2.57. The lowest BCUT2D eigenvalue weighted by molar-refractivity contribution is -0.175. The summed E-state index contributed by atoms with van der Waals surface area (Å²) in [7, 11) is 0. The van der Waals surface area contributed by atoms with Crippen LogP contribution in [0.3, 0.4) is 0 Å². The van der Waals surface area contributed by atoms with Crippen LogP contribution in [-0.2, 0) is 19.7 Å². The van der Waals surface area contributed by atoms with Gasteiger partial charge in [0.05, 0.1) is 5.41 Å². The zero-order chi connectivity index (χ0) is 20.8. The van der Waals surface area contributed by atoms with Gasteiger partial charge in [-0.25, -0.2) is 0 Å². The molecular formula is C26H29NO3. The van der Waals surface area contributed by atoms with Crippen molar-refractivity contribution in [1.29, 1.82) is 0 Å². The molecule has 4 nitrogen and oxygen atoms in total. The van der Waals surface area contributed by atoms with E-state index in [0.717, 1.165) is 30.5 Å². The minimum atomic E-state index is -0.427. The fourth-order valence-corrected chi connectivity index (χ4v) is 6.75. The number of anilines is 1. The third-order valence-corrected chi connectivity index (χ3v) is 7.55. The first-order chi connectivity index (χ1) is 14.5. The van der Waals surface area contributed by atoms with Crippen molar-refractivity contribution in [2.24, 2.45) is 17.3 Å². The first kappa shape index (κ1) is 19.3. The van der Waals surface area contributed by atoms with Gasteiger partial charge >= 0.3 is 5.97 Å². The Morgan fingerprint density at radius 2 is 1.63 bits per heavy atom. The van der Waals surface area contributed by atoms with Gasteiger partial charge in [0.1, 0.15) is 0 Å². The molecule has 2 unspecified atom stereocenters. The smallest absolute Gasteiger partial charge is 0.312 e. The maximum absolute atomic E-state index is 13.3. The van der Waals surface area contributed by atoms with E-state index in [2.05, 4.69) is 35.6 Å². The van der Waals surface area contributed by atoms with E-state index in [-0.39, 0.29) is 23.9 Å². The molecule has 30 heavy (non-hydrogen) atoms. The Kier molecular flexibility index (Phi) is 4.68. The van der Waals surface area contributed by atoms with Crippen LogP contribution >= 0.6 is 0 Å². The summed E-state index contributed by atoms with van der Waals surface area (Å²) in [5.74, 6) is 0.714. The van der Waals surface area contributed by atoms with Gasteiger partial charge in [-0.1, -0.05) is 48.0 Å². The van der Waals surface area contributed by atoms with E-state index in [0.29, 0.717) is 11.8 Å². The number of esters is 1. The molecule has 4 bridgehead atoms. The molecular weight excluding hydrogens is 374 g/mol. The Labute approximate surface area is 178 Å². The fourth-order valence-electron chi connectivity index (χ4n) is 6.75. The van der Waals surface area contributed by atoms with Crippen LogP contribution in [0.4, 0.5) is 5.69 Å². The number of amides is 1. The molecule has 1 N–H and O–H groups in total. The summed E-state index contributed by atoms with van der Waals surface area (Å²) in [5, 5.41) is 2.82. The van der Waals surface area contributed by atoms with Gasteiger partial charge in [-0.15, -0.1) is 0 Å². The van der Waals surface area contributed by atoms with E-state index < -0.39 is 5.41 Å².